The number of Topliss-reactive ketones (excluding diaryl/α,β-unsaturated/α-hetero) is 1. The topological polar surface area (TPSA) is 46.6 Å². The molecule has 2 aliphatic heterocycles. The van der Waals surface area contributed by atoms with Crippen LogP contribution in [0.2, 0.25) is 0 Å². The van der Waals surface area contributed by atoms with Crippen molar-refractivity contribution in [2.45, 2.75) is 25.7 Å². The van der Waals surface area contributed by atoms with Gasteiger partial charge in [-0.05, 0) is 12.8 Å². The van der Waals surface area contributed by atoms with Gasteiger partial charge in [0.05, 0.1) is 12.5 Å². The van der Waals surface area contributed by atoms with E-state index < -0.39 is 0 Å². The Bertz CT molecular complexity index is 249. The number of ether oxygens (including phenoxy) is 1. The summed E-state index contributed by atoms with van der Waals surface area (Å²) in [6.07, 6.45) is 2.96. The molecule has 1 atom stereocenters. The maximum atomic E-state index is 12.0. The molecule has 84 valence electrons. The van der Waals surface area contributed by atoms with Crippen LogP contribution in [-0.4, -0.2) is 42.9 Å². The van der Waals surface area contributed by atoms with E-state index in [0.717, 1.165) is 19.4 Å². The monoisotopic (exact) mass is 211 g/mol. The fourth-order valence-electron chi connectivity index (χ4n) is 2.17. The minimum atomic E-state index is 0.0342. The van der Waals surface area contributed by atoms with Gasteiger partial charge >= 0.3 is 0 Å². The van der Waals surface area contributed by atoms with E-state index in [1.54, 1.807) is 0 Å². The molecule has 4 heteroatoms. The number of ketones is 1. The smallest absolute Gasteiger partial charge is 0.228 e. The number of hydrogen-bond acceptors (Lipinski definition) is 3. The summed E-state index contributed by atoms with van der Waals surface area (Å²) in [5.41, 5.74) is 0. The largest absolute Gasteiger partial charge is 0.381 e. The van der Waals surface area contributed by atoms with Crippen molar-refractivity contribution in [3.8, 4) is 0 Å². The lowest BCUT2D eigenvalue weighted by molar-refractivity contribution is -0.142. The van der Waals surface area contributed by atoms with Gasteiger partial charge in [-0.25, -0.2) is 0 Å². The molecule has 0 spiro atoms. The van der Waals surface area contributed by atoms with Crippen molar-refractivity contribution in [2.75, 3.05) is 26.3 Å². The van der Waals surface area contributed by atoms with Crippen molar-refractivity contribution in [3.05, 3.63) is 0 Å². The number of amides is 1. The predicted molar refractivity (Wildman–Crippen MR) is 54.4 cm³/mol. The SMILES string of the molecule is O=C1CCN(C(=O)C2CCCOC2)CC1. The molecule has 2 rings (SSSR count). The van der Waals surface area contributed by atoms with Crippen molar-refractivity contribution in [2.24, 2.45) is 5.92 Å². The highest BCUT2D eigenvalue weighted by atomic mass is 16.5. The first kappa shape index (κ1) is 10.6. The van der Waals surface area contributed by atoms with Crippen LogP contribution >= 0.6 is 0 Å². The molecule has 0 aromatic heterocycles. The summed E-state index contributed by atoms with van der Waals surface area (Å²) in [5, 5.41) is 0. The lowest BCUT2D eigenvalue weighted by Gasteiger charge is -2.31. The zero-order valence-corrected chi connectivity index (χ0v) is 8.91. The van der Waals surface area contributed by atoms with Crippen molar-refractivity contribution in [1.82, 2.24) is 4.90 Å². The van der Waals surface area contributed by atoms with Gasteiger partial charge in [0.1, 0.15) is 5.78 Å². The molecule has 1 unspecified atom stereocenters. The highest BCUT2D eigenvalue weighted by Crippen LogP contribution is 2.18. The fourth-order valence-corrected chi connectivity index (χ4v) is 2.17. The van der Waals surface area contributed by atoms with Crippen LogP contribution in [0.25, 0.3) is 0 Å². The van der Waals surface area contributed by atoms with E-state index in [9.17, 15) is 9.59 Å². The Morgan fingerprint density at radius 3 is 2.67 bits per heavy atom. The number of piperidine rings is 1. The zero-order valence-electron chi connectivity index (χ0n) is 8.91. The third-order valence-corrected chi connectivity index (χ3v) is 3.14. The second kappa shape index (κ2) is 4.75. The maximum absolute atomic E-state index is 12.0. The van der Waals surface area contributed by atoms with Gasteiger partial charge in [-0.15, -0.1) is 0 Å². The maximum Gasteiger partial charge on any atom is 0.228 e. The fraction of sp³-hybridized carbons (Fsp3) is 0.818. The van der Waals surface area contributed by atoms with Crippen LogP contribution in [0.4, 0.5) is 0 Å². The number of carbonyl (C=O) groups is 2. The van der Waals surface area contributed by atoms with Gasteiger partial charge < -0.3 is 9.64 Å². The average molecular weight is 211 g/mol. The molecule has 2 fully saturated rings. The highest BCUT2D eigenvalue weighted by Gasteiger charge is 2.28. The minimum absolute atomic E-state index is 0.0342. The van der Waals surface area contributed by atoms with Crippen LogP contribution in [0.3, 0.4) is 0 Å². The summed E-state index contributed by atoms with van der Waals surface area (Å²) in [4.78, 5) is 24.9. The third kappa shape index (κ3) is 2.56. The quantitative estimate of drug-likeness (QED) is 0.638. The van der Waals surface area contributed by atoms with Gasteiger partial charge in [0.25, 0.3) is 0 Å². The summed E-state index contributed by atoms with van der Waals surface area (Å²) in [6, 6.07) is 0. The Hall–Kier alpha value is -0.900. The van der Waals surface area contributed by atoms with Crippen LogP contribution in [0.15, 0.2) is 0 Å². The van der Waals surface area contributed by atoms with E-state index in [1.165, 1.54) is 0 Å². The number of carbonyl (C=O) groups excluding carboxylic acids is 2. The molecule has 2 aliphatic rings. The lowest BCUT2D eigenvalue weighted by atomic mass is 9.99. The normalized spacial score (nSPS) is 27.9. The first-order valence-corrected chi connectivity index (χ1v) is 5.65. The van der Waals surface area contributed by atoms with Crippen molar-refractivity contribution >= 4 is 11.7 Å². The lowest BCUT2D eigenvalue weighted by Crippen LogP contribution is -2.43. The Morgan fingerprint density at radius 2 is 2.07 bits per heavy atom. The molecular weight excluding hydrogens is 194 g/mol. The van der Waals surface area contributed by atoms with Gasteiger partial charge in [-0.2, -0.15) is 0 Å². The summed E-state index contributed by atoms with van der Waals surface area (Å²) >= 11 is 0. The number of rotatable bonds is 1. The van der Waals surface area contributed by atoms with E-state index in [-0.39, 0.29) is 17.6 Å². The van der Waals surface area contributed by atoms with E-state index in [0.29, 0.717) is 32.5 Å². The number of hydrogen-bond donors (Lipinski definition) is 0. The first-order valence-electron chi connectivity index (χ1n) is 5.65. The van der Waals surface area contributed by atoms with Gasteiger partial charge in [0.15, 0.2) is 0 Å². The van der Waals surface area contributed by atoms with E-state index >= 15 is 0 Å². The van der Waals surface area contributed by atoms with E-state index in [4.69, 9.17) is 4.74 Å². The molecule has 1 amide bonds. The van der Waals surface area contributed by atoms with Crippen molar-refractivity contribution in [1.29, 1.82) is 0 Å². The predicted octanol–water partition coefficient (Wildman–Crippen LogP) is 0.605. The molecule has 0 saturated carbocycles. The van der Waals surface area contributed by atoms with Crippen molar-refractivity contribution in [3.63, 3.8) is 0 Å². The molecule has 0 aromatic rings. The van der Waals surface area contributed by atoms with Crippen LogP contribution < -0.4 is 0 Å². The van der Waals surface area contributed by atoms with Crippen LogP contribution in [0.5, 0.6) is 0 Å². The summed E-state index contributed by atoms with van der Waals surface area (Å²) < 4.78 is 5.30. The van der Waals surface area contributed by atoms with Gasteiger partial charge in [0.2, 0.25) is 5.91 Å². The van der Waals surface area contributed by atoms with Crippen LogP contribution in [0, 0.1) is 5.92 Å². The first-order chi connectivity index (χ1) is 7.27. The highest BCUT2D eigenvalue weighted by molar-refractivity contribution is 5.84. The number of nitrogens with zero attached hydrogens (tertiary/aromatic N) is 1. The number of likely N-dealkylation sites (tertiary alicyclic amines) is 1. The third-order valence-electron chi connectivity index (χ3n) is 3.14. The summed E-state index contributed by atoms with van der Waals surface area (Å²) in [5.74, 6) is 0.494. The summed E-state index contributed by atoms with van der Waals surface area (Å²) in [6.45, 7) is 2.55. The molecule has 0 N–H and O–H groups in total. The minimum Gasteiger partial charge on any atom is -0.381 e. The van der Waals surface area contributed by atoms with Crippen molar-refractivity contribution < 1.29 is 14.3 Å². The second-order valence-electron chi connectivity index (χ2n) is 4.28. The average Bonchev–Trinajstić information content (AvgIpc) is 2.30. The van der Waals surface area contributed by atoms with E-state index in [1.807, 2.05) is 4.90 Å². The van der Waals surface area contributed by atoms with Gasteiger partial charge in [-0.3, -0.25) is 9.59 Å². The molecular formula is C11H17NO3. The molecule has 15 heavy (non-hydrogen) atoms. The molecule has 0 bridgehead atoms. The van der Waals surface area contributed by atoms with Crippen LogP contribution in [-0.2, 0) is 14.3 Å². The zero-order chi connectivity index (χ0) is 10.7. The van der Waals surface area contributed by atoms with Gasteiger partial charge in [-0.1, -0.05) is 0 Å². The Morgan fingerprint density at radius 1 is 1.33 bits per heavy atom. The van der Waals surface area contributed by atoms with Crippen LogP contribution in [0.1, 0.15) is 25.7 Å². The van der Waals surface area contributed by atoms with Gasteiger partial charge in [0, 0.05) is 32.5 Å². The Labute approximate surface area is 89.6 Å². The molecule has 4 nitrogen and oxygen atoms in total. The molecule has 0 aliphatic carbocycles. The second-order valence-corrected chi connectivity index (χ2v) is 4.28. The summed E-state index contributed by atoms with van der Waals surface area (Å²) in [7, 11) is 0. The molecule has 0 radical (unpaired) electrons. The van der Waals surface area contributed by atoms with E-state index in [2.05, 4.69) is 0 Å². The molecule has 0 aromatic carbocycles. The molecule has 2 heterocycles. The standard InChI is InChI=1S/C11H17NO3/c13-10-3-5-12(6-4-10)11(14)9-2-1-7-15-8-9/h9H,1-8H2. The molecule has 2 saturated heterocycles. The Balaban J connectivity index is 1.86. The Kier molecular flexibility index (Phi) is 3.36.